The van der Waals surface area contributed by atoms with E-state index < -0.39 is 0 Å². The summed E-state index contributed by atoms with van der Waals surface area (Å²) in [6.45, 7) is 7.71. The van der Waals surface area contributed by atoms with Crippen LogP contribution in [0.3, 0.4) is 0 Å². The maximum Gasteiger partial charge on any atom is 0.260 e. The molecule has 0 atom stereocenters. The van der Waals surface area contributed by atoms with Crippen molar-refractivity contribution in [3.63, 3.8) is 0 Å². The minimum absolute atomic E-state index is 0. The first kappa shape index (κ1) is 25.4. The van der Waals surface area contributed by atoms with Gasteiger partial charge in [-0.2, -0.15) is 0 Å². The summed E-state index contributed by atoms with van der Waals surface area (Å²) < 4.78 is 6.25. The highest BCUT2D eigenvalue weighted by Gasteiger charge is 2.24. The van der Waals surface area contributed by atoms with E-state index in [9.17, 15) is 4.79 Å². The topological polar surface area (TPSA) is 45.7 Å². The second-order valence-electron chi connectivity index (χ2n) is 8.51. The first-order valence-electron chi connectivity index (χ1n) is 9.82. The van der Waals surface area contributed by atoms with Crippen LogP contribution < -0.4 is 9.64 Å². The fraction of sp³-hybridized carbons (Fsp3) is 0.391. The smallest absolute Gasteiger partial charge is 0.260 e. The van der Waals surface area contributed by atoms with Crippen molar-refractivity contribution in [2.24, 2.45) is 0 Å². The van der Waals surface area contributed by atoms with Gasteiger partial charge in [0, 0.05) is 18.7 Å². The van der Waals surface area contributed by atoms with Gasteiger partial charge < -0.3 is 9.64 Å². The lowest BCUT2D eigenvalue weighted by molar-refractivity contribution is 0.0985. The number of methoxy groups -OCH3 is 1. The number of benzene rings is 2. The normalized spacial score (nSPS) is 11.5. The van der Waals surface area contributed by atoms with Crippen molar-refractivity contribution >= 4 is 56.6 Å². The molecule has 3 rings (SSSR count). The van der Waals surface area contributed by atoms with Crippen LogP contribution in [0, 0.1) is 0 Å². The van der Waals surface area contributed by atoms with Crippen molar-refractivity contribution in [2.75, 3.05) is 39.2 Å². The van der Waals surface area contributed by atoms with Gasteiger partial charge in [-0.3, -0.25) is 9.69 Å². The second-order valence-corrected chi connectivity index (χ2v) is 9.90. The number of hydrogen-bond acceptors (Lipinski definition) is 5. The predicted octanol–water partition coefficient (Wildman–Crippen LogP) is 5.89. The molecule has 0 fully saturated rings. The first-order valence-corrected chi connectivity index (χ1v) is 11.0. The third-order valence-corrected chi connectivity index (χ3v) is 6.45. The molecule has 3 aromatic rings. The molecule has 2 aromatic carbocycles. The van der Waals surface area contributed by atoms with E-state index in [2.05, 4.69) is 20.8 Å². The molecule has 168 valence electrons. The van der Waals surface area contributed by atoms with Crippen LogP contribution in [0.4, 0.5) is 5.13 Å². The van der Waals surface area contributed by atoms with Gasteiger partial charge in [-0.25, -0.2) is 4.98 Å². The third-order valence-electron chi connectivity index (χ3n) is 4.91. The summed E-state index contributed by atoms with van der Waals surface area (Å²) in [6.07, 6.45) is 0. The van der Waals surface area contributed by atoms with E-state index in [0.29, 0.717) is 40.1 Å². The summed E-state index contributed by atoms with van der Waals surface area (Å²) in [5.41, 5.74) is 2.54. The highest BCUT2D eigenvalue weighted by Crippen LogP contribution is 2.39. The number of aromatic nitrogens is 1. The van der Waals surface area contributed by atoms with Gasteiger partial charge in [0.1, 0.15) is 11.3 Å². The number of ether oxygens (including phenoxy) is 1. The molecule has 8 heteroatoms. The Kier molecular flexibility index (Phi) is 8.34. The van der Waals surface area contributed by atoms with Crippen molar-refractivity contribution < 1.29 is 9.53 Å². The van der Waals surface area contributed by atoms with Crippen LogP contribution in [0.25, 0.3) is 10.2 Å². The number of amides is 1. The van der Waals surface area contributed by atoms with E-state index in [4.69, 9.17) is 21.3 Å². The lowest BCUT2D eigenvalue weighted by Gasteiger charge is -2.23. The number of carbonyl (C=O) groups is 1. The van der Waals surface area contributed by atoms with Crippen LogP contribution in [0.5, 0.6) is 5.75 Å². The summed E-state index contributed by atoms with van der Waals surface area (Å²) >= 11 is 7.80. The van der Waals surface area contributed by atoms with E-state index in [1.807, 2.05) is 43.3 Å². The van der Waals surface area contributed by atoms with Crippen molar-refractivity contribution in [1.29, 1.82) is 0 Å². The fourth-order valence-electron chi connectivity index (χ4n) is 3.07. The number of hydrogen-bond donors (Lipinski definition) is 0. The lowest BCUT2D eigenvalue weighted by atomic mass is 9.86. The molecule has 1 amide bonds. The molecule has 0 N–H and O–H groups in total. The van der Waals surface area contributed by atoms with Crippen LogP contribution in [0.1, 0.15) is 36.7 Å². The van der Waals surface area contributed by atoms with Gasteiger partial charge in [0.15, 0.2) is 5.13 Å². The second kappa shape index (κ2) is 10.2. The summed E-state index contributed by atoms with van der Waals surface area (Å²) in [6, 6.07) is 11.4. The van der Waals surface area contributed by atoms with Crippen LogP contribution >= 0.6 is 35.3 Å². The van der Waals surface area contributed by atoms with E-state index in [1.54, 1.807) is 24.1 Å². The minimum atomic E-state index is -0.0774. The molecule has 0 saturated carbocycles. The summed E-state index contributed by atoms with van der Waals surface area (Å²) in [5.74, 6) is 0.567. The van der Waals surface area contributed by atoms with Crippen LogP contribution in [0.15, 0.2) is 36.4 Å². The van der Waals surface area contributed by atoms with Crippen molar-refractivity contribution in [2.45, 2.75) is 26.2 Å². The molecule has 1 aromatic heterocycles. The highest BCUT2D eigenvalue weighted by atomic mass is 35.5. The van der Waals surface area contributed by atoms with Gasteiger partial charge in [0.05, 0.1) is 16.8 Å². The first-order chi connectivity index (χ1) is 14.1. The maximum atomic E-state index is 13.4. The largest absolute Gasteiger partial charge is 0.494 e. The SMILES string of the molecule is COc1ccc(Cl)c2sc(N(CCN(C)C)C(=O)c3ccc(C(C)(C)C)cc3)nc12.Cl. The Morgan fingerprint density at radius 1 is 1.10 bits per heavy atom. The zero-order valence-corrected chi connectivity index (χ0v) is 21.1. The number of likely N-dealkylation sites (N-methyl/N-ethyl adjacent to an activating group) is 1. The number of halogens is 2. The molecule has 0 radical (unpaired) electrons. The summed E-state index contributed by atoms with van der Waals surface area (Å²) in [4.78, 5) is 21.9. The quantitative estimate of drug-likeness (QED) is 0.440. The van der Waals surface area contributed by atoms with Crippen molar-refractivity contribution in [3.05, 3.63) is 52.5 Å². The number of nitrogens with zero attached hydrogens (tertiary/aromatic N) is 3. The Morgan fingerprint density at radius 2 is 1.74 bits per heavy atom. The lowest BCUT2D eigenvalue weighted by Crippen LogP contribution is -2.36. The van der Waals surface area contributed by atoms with E-state index in [0.717, 1.165) is 4.70 Å². The molecule has 0 aliphatic heterocycles. The van der Waals surface area contributed by atoms with Gasteiger partial charge in [-0.15, -0.1) is 12.4 Å². The standard InChI is InChI=1S/C23H28ClN3O2S.ClH/c1-23(2,3)16-9-7-15(8-10-16)21(28)27(14-13-26(4)5)22-25-19-18(29-6)12-11-17(24)20(19)30-22;/h7-12H,13-14H2,1-6H3;1H. The molecule has 0 bridgehead atoms. The van der Waals surface area contributed by atoms with Crippen LogP contribution in [0.2, 0.25) is 5.02 Å². The van der Waals surface area contributed by atoms with Crippen molar-refractivity contribution in [1.82, 2.24) is 9.88 Å². The predicted molar refractivity (Wildman–Crippen MR) is 134 cm³/mol. The Bertz CT molecular complexity index is 1040. The third kappa shape index (κ3) is 5.69. The summed E-state index contributed by atoms with van der Waals surface area (Å²) in [7, 11) is 5.57. The van der Waals surface area contributed by atoms with E-state index >= 15 is 0 Å². The number of thiazole rings is 1. The number of carbonyl (C=O) groups excluding carboxylic acids is 1. The van der Waals surface area contributed by atoms with Crippen molar-refractivity contribution in [3.8, 4) is 5.75 Å². The highest BCUT2D eigenvalue weighted by molar-refractivity contribution is 7.23. The zero-order chi connectivity index (χ0) is 22.1. The molecule has 0 unspecified atom stereocenters. The van der Waals surface area contributed by atoms with Gasteiger partial charge in [0.2, 0.25) is 0 Å². The molecule has 5 nitrogen and oxygen atoms in total. The summed E-state index contributed by atoms with van der Waals surface area (Å²) in [5, 5.41) is 1.22. The molecule has 0 saturated heterocycles. The monoisotopic (exact) mass is 481 g/mol. The Labute approximate surface area is 199 Å². The van der Waals surface area contributed by atoms with E-state index in [-0.39, 0.29) is 23.7 Å². The van der Waals surface area contributed by atoms with Gasteiger partial charge in [0.25, 0.3) is 5.91 Å². The average molecular weight is 482 g/mol. The molecule has 0 aliphatic carbocycles. The molecule has 31 heavy (non-hydrogen) atoms. The molecule has 0 aliphatic rings. The molecular weight excluding hydrogens is 453 g/mol. The fourth-order valence-corrected chi connectivity index (χ4v) is 4.35. The number of anilines is 1. The van der Waals surface area contributed by atoms with Crippen LogP contribution in [-0.2, 0) is 5.41 Å². The Morgan fingerprint density at radius 3 is 2.29 bits per heavy atom. The zero-order valence-electron chi connectivity index (χ0n) is 18.7. The van der Waals surface area contributed by atoms with Gasteiger partial charge in [-0.1, -0.05) is 55.8 Å². The van der Waals surface area contributed by atoms with Gasteiger partial charge in [-0.05, 0) is 49.3 Å². The minimum Gasteiger partial charge on any atom is -0.494 e. The number of rotatable bonds is 6. The molecular formula is C23H29Cl2N3O2S. The van der Waals surface area contributed by atoms with E-state index in [1.165, 1.54) is 16.9 Å². The number of fused-ring (bicyclic) bond motifs is 1. The Balaban J connectivity index is 0.00000341. The van der Waals surface area contributed by atoms with Crippen LogP contribution in [-0.4, -0.2) is 50.1 Å². The Hall–Kier alpha value is -1.86. The molecule has 1 heterocycles. The maximum absolute atomic E-state index is 13.4. The van der Waals surface area contributed by atoms with Gasteiger partial charge >= 0.3 is 0 Å². The molecule has 0 spiro atoms. The average Bonchev–Trinajstić information content (AvgIpc) is 3.13.